The Morgan fingerprint density at radius 2 is 1.73 bits per heavy atom. The summed E-state index contributed by atoms with van der Waals surface area (Å²) in [6.45, 7) is 3.97. The molecule has 2 aromatic carbocycles. The lowest BCUT2D eigenvalue weighted by molar-refractivity contribution is 0.102. The van der Waals surface area contributed by atoms with Gasteiger partial charge in [0.1, 0.15) is 0 Å². The van der Waals surface area contributed by atoms with Crippen LogP contribution in [-0.4, -0.2) is 20.9 Å². The van der Waals surface area contributed by atoms with Gasteiger partial charge in [0, 0.05) is 11.3 Å². The molecule has 0 spiro atoms. The second-order valence-electron chi connectivity index (χ2n) is 5.12. The molecule has 3 aromatic rings. The SMILES string of the molecule is Cc1cccc(C)c1NC(=O)c1ccc(-n2ccnn2)cc1. The number of rotatable bonds is 3. The van der Waals surface area contributed by atoms with Crippen molar-refractivity contribution in [1.29, 1.82) is 0 Å². The molecule has 110 valence electrons. The van der Waals surface area contributed by atoms with E-state index in [1.54, 1.807) is 29.2 Å². The molecule has 0 atom stereocenters. The Morgan fingerprint density at radius 1 is 1.05 bits per heavy atom. The van der Waals surface area contributed by atoms with E-state index in [9.17, 15) is 4.79 Å². The van der Waals surface area contributed by atoms with Crippen LogP contribution < -0.4 is 5.32 Å². The lowest BCUT2D eigenvalue weighted by atomic mass is 10.1. The number of hydrogen-bond acceptors (Lipinski definition) is 3. The first-order chi connectivity index (χ1) is 10.6. The molecule has 0 unspecified atom stereocenters. The number of carbonyl (C=O) groups is 1. The molecule has 3 rings (SSSR count). The van der Waals surface area contributed by atoms with E-state index in [2.05, 4.69) is 15.6 Å². The maximum absolute atomic E-state index is 12.4. The molecule has 1 N–H and O–H groups in total. The Hall–Kier alpha value is -2.95. The van der Waals surface area contributed by atoms with E-state index in [1.807, 2.05) is 44.2 Å². The molecule has 0 saturated heterocycles. The number of hydrogen-bond donors (Lipinski definition) is 1. The van der Waals surface area contributed by atoms with Gasteiger partial charge in [0.15, 0.2) is 0 Å². The largest absolute Gasteiger partial charge is 0.322 e. The van der Waals surface area contributed by atoms with Gasteiger partial charge in [-0.2, -0.15) is 0 Å². The standard InChI is InChI=1S/C17H16N4O/c1-12-4-3-5-13(2)16(12)19-17(22)14-6-8-15(9-7-14)21-11-10-18-20-21/h3-11H,1-2H3,(H,19,22). The maximum atomic E-state index is 12.4. The molecular formula is C17H16N4O. The van der Waals surface area contributed by atoms with Crippen molar-refractivity contribution >= 4 is 11.6 Å². The average Bonchev–Trinajstić information content (AvgIpc) is 3.05. The van der Waals surface area contributed by atoms with Crippen LogP contribution in [0.4, 0.5) is 5.69 Å². The third-order valence-electron chi connectivity index (χ3n) is 3.54. The van der Waals surface area contributed by atoms with Gasteiger partial charge in [-0.25, -0.2) is 4.68 Å². The highest BCUT2D eigenvalue weighted by molar-refractivity contribution is 6.05. The van der Waals surface area contributed by atoms with E-state index in [1.165, 1.54) is 0 Å². The topological polar surface area (TPSA) is 59.8 Å². The monoisotopic (exact) mass is 292 g/mol. The molecule has 5 heteroatoms. The lowest BCUT2D eigenvalue weighted by Crippen LogP contribution is -2.13. The van der Waals surface area contributed by atoms with Gasteiger partial charge in [-0.1, -0.05) is 23.4 Å². The highest BCUT2D eigenvalue weighted by Gasteiger charge is 2.09. The first-order valence-electron chi connectivity index (χ1n) is 6.99. The summed E-state index contributed by atoms with van der Waals surface area (Å²) in [5.41, 5.74) is 4.43. The molecule has 0 aliphatic rings. The van der Waals surface area contributed by atoms with Crippen LogP contribution in [0, 0.1) is 13.8 Å². The van der Waals surface area contributed by atoms with E-state index in [0.717, 1.165) is 22.5 Å². The summed E-state index contributed by atoms with van der Waals surface area (Å²) in [7, 11) is 0. The maximum Gasteiger partial charge on any atom is 0.255 e. The van der Waals surface area contributed by atoms with E-state index >= 15 is 0 Å². The van der Waals surface area contributed by atoms with Gasteiger partial charge in [-0.05, 0) is 49.2 Å². The van der Waals surface area contributed by atoms with Crippen molar-refractivity contribution in [2.75, 3.05) is 5.32 Å². The van der Waals surface area contributed by atoms with Gasteiger partial charge >= 0.3 is 0 Å². The Bertz CT molecular complexity index is 772. The molecule has 5 nitrogen and oxygen atoms in total. The summed E-state index contributed by atoms with van der Waals surface area (Å²) in [6, 6.07) is 13.2. The molecule has 0 radical (unpaired) electrons. The molecular weight excluding hydrogens is 276 g/mol. The van der Waals surface area contributed by atoms with Crippen LogP contribution in [-0.2, 0) is 0 Å². The summed E-state index contributed by atoms with van der Waals surface area (Å²) < 4.78 is 1.65. The van der Waals surface area contributed by atoms with E-state index in [-0.39, 0.29) is 5.91 Å². The summed E-state index contributed by atoms with van der Waals surface area (Å²) in [6.07, 6.45) is 3.37. The number of amides is 1. The first kappa shape index (κ1) is 14.0. The quantitative estimate of drug-likeness (QED) is 0.806. The van der Waals surface area contributed by atoms with Crippen molar-refractivity contribution in [1.82, 2.24) is 15.0 Å². The molecule has 1 heterocycles. The molecule has 0 aliphatic heterocycles. The zero-order valence-corrected chi connectivity index (χ0v) is 12.4. The molecule has 22 heavy (non-hydrogen) atoms. The van der Waals surface area contributed by atoms with E-state index in [0.29, 0.717) is 5.56 Å². The van der Waals surface area contributed by atoms with Crippen molar-refractivity contribution in [3.63, 3.8) is 0 Å². The van der Waals surface area contributed by atoms with Gasteiger partial charge < -0.3 is 5.32 Å². The van der Waals surface area contributed by atoms with Crippen LogP contribution in [0.1, 0.15) is 21.5 Å². The second-order valence-corrected chi connectivity index (χ2v) is 5.12. The number of carbonyl (C=O) groups excluding carboxylic acids is 1. The first-order valence-corrected chi connectivity index (χ1v) is 6.99. The molecule has 0 saturated carbocycles. The number of aromatic nitrogens is 3. The highest BCUT2D eigenvalue weighted by atomic mass is 16.1. The number of para-hydroxylation sites is 1. The number of nitrogens with zero attached hydrogens (tertiary/aromatic N) is 3. The number of nitrogens with one attached hydrogen (secondary N) is 1. The highest BCUT2D eigenvalue weighted by Crippen LogP contribution is 2.20. The Labute approximate surface area is 128 Å². The zero-order valence-electron chi connectivity index (χ0n) is 12.4. The smallest absolute Gasteiger partial charge is 0.255 e. The van der Waals surface area contributed by atoms with Crippen LogP contribution in [0.5, 0.6) is 0 Å². The fraction of sp³-hybridized carbons (Fsp3) is 0.118. The van der Waals surface area contributed by atoms with Crippen molar-refractivity contribution in [3.8, 4) is 5.69 Å². The summed E-state index contributed by atoms with van der Waals surface area (Å²) in [5, 5.41) is 10.7. The predicted molar refractivity (Wildman–Crippen MR) is 85.2 cm³/mol. The van der Waals surface area contributed by atoms with E-state index in [4.69, 9.17) is 0 Å². The average molecular weight is 292 g/mol. The Balaban J connectivity index is 1.81. The molecule has 0 bridgehead atoms. The van der Waals surface area contributed by atoms with Gasteiger partial charge in [0.05, 0.1) is 18.1 Å². The second kappa shape index (κ2) is 5.81. The Kier molecular flexibility index (Phi) is 3.70. The van der Waals surface area contributed by atoms with Gasteiger partial charge in [-0.15, -0.1) is 5.10 Å². The van der Waals surface area contributed by atoms with Gasteiger partial charge in [0.2, 0.25) is 0 Å². The predicted octanol–water partition coefficient (Wildman–Crippen LogP) is 3.14. The summed E-state index contributed by atoms with van der Waals surface area (Å²) in [5.74, 6) is -0.123. The minimum Gasteiger partial charge on any atom is -0.322 e. The lowest BCUT2D eigenvalue weighted by Gasteiger charge is -2.11. The third kappa shape index (κ3) is 2.74. The minimum absolute atomic E-state index is 0.123. The van der Waals surface area contributed by atoms with Crippen molar-refractivity contribution in [2.45, 2.75) is 13.8 Å². The number of benzene rings is 2. The van der Waals surface area contributed by atoms with Crippen molar-refractivity contribution < 1.29 is 4.79 Å². The van der Waals surface area contributed by atoms with Gasteiger partial charge in [-0.3, -0.25) is 4.79 Å². The van der Waals surface area contributed by atoms with Crippen molar-refractivity contribution in [3.05, 3.63) is 71.5 Å². The van der Waals surface area contributed by atoms with Crippen molar-refractivity contribution in [2.24, 2.45) is 0 Å². The normalized spacial score (nSPS) is 10.5. The van der Waals surface area contributed by atoms with Crippen LogP contribution >= 0.6 is 0 Å². The fourth-order valence-electron chi connectivity index (χ4n) is 2.31. The minimum atomic E-state index is -0.123. The zero-order chi connectivity index (χ0) is 15.5. The van der Waals surface area contributed by atoms with Crippen LogP contribution in [0.2, 0.25) is 0 Å². The third-order valence-corrected chi connectivity index (χ3v) is 3.54. The fourth-order valence-corrected chi connectivity index (χ4v) is 2.31. The summed E-state index contributed by atoms with van der Waals surface area (Å²) in [4.78, 5) is 12.4. The van der Waals surface area contributed by atoms with Crippen LogP contribution in [0.3, 0.4) is 0 Å². The molecule has 0 fully saturated rings. The molecule has 1 amide bonds. The number of anilines is 1. The van der Waals surface area contributed by atoms with Crippen LogP contribution in [0.25, 0.3) is 5.69 Å². The van der Waals surface area contributed by atoms with Crippen LogP contribution in [0.15, 0.2) is 54.9 Å². The summed E-state index contributed by atoms with van der Waals surface area (Å²) >= 11 is 0. The van der Waals surface area contributed by atoms with Gasteiger partial charge in [0.25, 0.3) is 5.91 Å². The molecule has 1 aromatic heterocycles. The Morgan fingerprint density at radius 3 is 2.32 bits per heavy atom. The van der Waals surface area contributed by atoms with E-state index < -0.39 is 0 Å². The molecule has 0 aliphatic carbocycles. The number of aryl methyl sites for hydroxylation is 2.